The molecule has 0 bridgehead atoms. The first-order valence-electron chi connectivity index (χ1n) is 7.60. The van der Waals surface area contributed by atoms with Crippen molar-refractivity contribution >= 4 is 5.97 Å². The summed E-state index contributed by atoms with van der Waals surface area (Å²) in [6, 6.07) is 0. The first kappa shape index (κ1) is 18.1. The van der Waals surface area contributed by atoms with Crippen LogP contribution in [0.4, 0.5) is 13.2 Å². The summed E-state index contributed by atoms with van der Waals surface area (Å²) < 4.78 is 46.9. The van der Waals surface area contributed by atoms with Crippen molar-refractivity contribution in [2.45, 2.75) is 34.3 Å². The monoisotopic (exact) mass is 336 g/mol. The number of hydrogen-bond donors (Lipinski definition) is 0. The van der Waals surface area contributed by atoms with E-state index in [4.69, 9.17) is 11.2 Å². The van der Waals surface area contributed by atoms with Gasteiger partial charge in [-0.15, -0.1) is 6.42 Å². The Morgan fingerprint density at radius 1 is 1.29 bits per heavy atom. The number of hydrogen-bond acceptors (Lipinski definition) is 2. The fourth-order valence-corrected chi connectivity index (χ4v) is 3.05. The predicted molar refractivity (Wildman–Crippen MR) is 84.4 cm³/mol. The Kier molecular flexibility index (Phi) is 4.80. The molecule has 0 unspecified atom stereocenters. The molecule has 1 aromatic rings. The molecular weight excluding hydrogens is 317 g/mol. The Labute approximate surface area is 139 Å². The summed E-state index contributed by atoms with van der Waals surface area (Å²) in [5.41, 5.74) is -1.49. The van der Waals surface area contributed by atoms with Gasteiger partial charge in [0.1, 0.15) is 12.4 Å². The number of terminal acetylenes is 1. The van der Waals surface area contributed by atoms with Crippen molar-refractivity contribution in [2.75, 3.05) is 0 Å². The molecule has 5 heteroatoms. The summed E-state index contributed by atoms with van der Waals surface area (Å²) in [7, 11) is 0. The third kappa shape index (κ3) is 2.82. The second-order valence-electron chi connectivity index (χ2n) is 6.52. The number of benzene rings is 1. The summed E-state index contributed by atoms with van der Waals surface area (Å²) in [4.78, 5) is 12.2. The van der Waals surface area contributed by atoms with Crippen molar-refractivity contribution in [3.8, 4) is 12.3 Å². The number of carbonyl (C=O) groups is 1. The van der Waals surface area contributed by atoms with E-state index in [0.29, 0.717) is 0 Å². The van der Waals surface area contributed by atoms with Crippen molar-refractivity contribution in [1.82, 2.24) is 0 Å². The molecule has 0 N–H and O–H groups in total. The molecule has 2 atom stereocenters. The van der Waals surface area contributed by atoms with Gasteiger partial charge in [0.25, 0.3) is 0 Å². The zero-order valence-corrected chi connectivity index (χ0v) is 14.0. The summed E-state index contributed by atoms with van der Waals surface area (Å²) in [6.07, 6.45) is 8.76. The number of esters is 1. The van der Waals surface area contributed by atoms with E-state index in [1.807, 2.05) is 32.9 Å². The van der Waals surface area contributed by atoms with Crippen LogP contribution in [0, 0.1) is 54.0 Å². The van der Waals surface area contributed by atoms with Gasteiger partial charge in [0.2, 0.25) is 0 Å². The van der Waals surface area contributed by atoms with Gasteiger partial charge >= 0.3 is 5.97 Å². The smallest absolute Gasteiger partial charge is 0.310 e. The van der Waals surface area contributed by atoms with E-state index in [2.05, 4.69) is 0 Å². The van der Waals surface area contributed by atoms with Crippen LogP contribution in [0.15, 0.2) is 12.2 Å². The lowest BCUT2D eigenvalue weighted by Gasteiger charge is -2.12. The Bertz CT molecular complexity index is 728. The SMILES string of the molecule is C#Cc1c(F)c(C)c(COC(=O)[C@@H]2[C@@H](/C=C\C)C2(C)C)c(F)c1F. The Morgan fingerprint density at radius 3 is 2.46 bits per heavy atom. The molecule has 0 heterocycles. The molecule has 0 aromatic heterocycles. The number of ether oxygens (including phenoxy) is 1. The van der Waals surface area contributed by atoms with E-state index in [0.717, 1.165) is 0 Å². The average molecular weight is 336 g/mol. The first-order valence-corrected chi connectivity index (χ1v) is 7.60. The van der Waals surface area contributed by atoms with Gasteiger partial charge in [0, 0.05) is 5.56 Å². The summed E-state index contributed by atoms with van der Waals surface area (Å²) >= 11 is 0. The normalized spacial score (nSPS) is 21.6. The van der Waals surface area contributed by atoms with Gasteiger partial charge in [0.15, 0.2) is 11.6 Å². The van der Waals surface area contributed by atoms with Crippen LogP contribution in [-0.4, -0.2) is 5.97 Å². The largest absolute Gasteiger partial charge is 0.460 e. The van der Waals surface area contributed by atoms with Crippen LogP contribution >= 0.6 is 0 Å². The summed E-state index contributed by atoms with van der Waals surface area (Å²) in [5, 5.41) is 0. The molecule has 0 saturated heterocycles. The molecule has 1 aliphatic carbocycles. The quantitative estimate of drug-likeness (QED) is 0.355. The van der Waals surface area contributed by atoms with E-state index >= 15 is 0 Å². The lowest BCUT2D eigenvalue weighted by Crippen LogP contribution is -2.14. The van der Waals surface area contributed by atoms with Gasteiger partial charge in [-0.3, -0.25) is 4.79 Å². The minimum atomic E-state index is -1.44. The van der Waals surface area contributed by atoms with Gasteiger partial charge in [-0.1, -0.05) is 31.9 Å². The highest BCUT2D eigenvalue weighted by Gasteiger charge is 2.61. The molecule has 1 saturated carbocycles. The maximum Gasteiger partial charge on any atom is 0.310 e. The van der Waals surface area contributed by atoms with Crippen LogP contribution in [0.3, 0.4) is 0 Å². The van der Waals surface area contributed by atoms with Gasteiger partial charge in [0.05, 0.1) is 11.5 Å². The summed E-state index contributed by atoms with van der Waals surface area (Å²) in [6.45, 7) is 6.44. The highest BCUT2D eigenvalue weighted by atomic mass is 19.2. The van der Waals surface area contributed by atoms with Crippen LogP contribution < -0.4 is 0 Å². The van der Waals surface area contributed by atoms with E-state index < -0.39 is 35.6 Å². The van der Waals surface area contributed by atoms with Crippen molar-refractivity contribution in [3.05, 3.63) is 46.3 Å². The minimum absolute atomic E-state index is 0.0400. The molecule has 2 nitrogen and oxygen atoms in total. The maximum atomic E-state index is 14.1. The zero-order valence-electron chi connectivity index (χ0n) is 14.0. The second kappa shape index (κ2) is 6.35. The van der Waals surface area contributed by atoms with Crippen molar-refractivity contribution in [1.29, 1.82) is 0 Å². The number of allylic oxidation sites excluding steroid dienone is 2. The molecule has 1 fully saturated rings. The molecule has 2 rings (SSSR count). The highest BCUT2D eigenvalue weighted by Crippen LogP contribution is 2.59. The van der Waals surface area contributed by atoms with Crippen molar-refractivity contribution in [3.63, 3.8) is 0 Å². The fraction of sp³-hybridized carbons (Fsp3) is 0.421. The highest BCUT2D eigenvalue weighted by molar-refractivity contribution is 5.78. The van der Waals surface area contributed by atoms with Crippen LogP contribution in [0.25, 0.3) is 0 Å². The average Bonchev–Trinajstić information content (AvgIpc) is 3.07. The van der Waals surface area contributed by atoms with Crippen molar-refractivity contribution < 1.29 is 22.7 Å². The molecule has 0 aliphatic heterocycles. The van der Waals surface area contributed by atoms with Gasteiger partial charge in [-0.05, 0) is 30.7 Å². The number of halogens is 3. The summed E-state index contributed by atoms with van der Waals surface area (Å²) in [5.74, 6) is -2.77. The van der Waals surface area contributed by atoms with Gasteiger partial charge in [-0.2, -0.15) is 0 Å². The fourth-order valence-electron chi connectivity index (χ4n) is 3.05. The third-order valence-electron chi connectivity index (χ3n) is 4.75. The molecule has 0 radical (unpaired) electrons. The zero-order chi connectivity index (χ0) is 18.2. The maximum absolute atomic E-state index is 14.1. The van der Waals surface area contributed by atoms with Gasteiger partial charge in [-0.25, -0.2) is 13.2 Å². The topological polar surface area (TPSA) is 26.3 Å². The molecule has 1 aromatic carbocycles. The lowest BCUT2D eigenvalue weighted by molar-refractivity contribution is -0.147. The van der Waals surface area contributed by atoms with Gasteiger partial charge < -0.3 is 4.74 Å². The van der Waals surface area contributed by atoms with E-state index in [9.17, 15) is 18.0 Å². The second-order valence-corrected chi connectivity index (χ2v) is 6.52. The molecule has 128 valence electrons. The molecule has 0 amide bonds. The van der Waals surface area contributed by atoms with E-state index in [1.54, 1.807) is 5.92 Å². The number of carbonyl (C=O) groups excluding carboxylic acids is 1. The van der Waals surface area contributed by atoms with Crippen LogP contribution in [-0.2, 0) is 16.1 Å². The van der Waals surface area contributed by atoms with E-state index in [-0.39, 0.29) is 28.4 Å². The standard InChI is InChI=1S/C19H19F3O2/c1-6-8-13-14(19(13,4)5)18(23)24-9-12-10(3)15(20)11(7-2)16(21)17(12)22/h2,6,8,13-14H,9H2,1,3-5H3/b8-6-/t13-,14+/m1/s1. The third-order valence-corrected chi connectivity index (χ3v) is 4.75. The van der Waals surface area contributed by atoms with Crippen LogP contribution in [0.2, 0.25) is 0 Å². The van der Waals surface area contributed by atoms with Crippen LogP contribution in [0.5, 0.6) is 0 Å². The Hall–Kier alpha value is -2.22. The predicted octanol–water partition coefficient (Wildman–Crippen LogP) is 4.29. The van der Waals surface area contributed by atoms with Crippen molar-refractivity contribution in [2.24, 2.45) is 17.3 Å². The molecule has 0 spiro atoms. The number of rotatable bonds is 4. The molecular formula is C19H19F3O2. The Morgan fingerprint density at radius 2 is 1.92 bits per heavy atom. The van der Waals surface area contributed by atoms with E-state index in [1.165, 1.54) is 6.92 Å². The lowest BCUT2D eigenvalue weighted by atomic mass is 10.0. The first-order chi connectivity index (χ1) is 11.2. The Balaban J connectivity index is 2.20. The molecule has 24 heavy (non-hydrogen) atoms. The molecule has 1 aliphatic rings. The van der Waals surface area contributed by atoms with Crippen LogP contribution in [0.1, 0.15) is 37.5 Å². The minimum Gasteiger partial charge on any atom is -0.460 e.